The highest BCUT2D eigenvalue weighted by molar-refractivity contribution is 7.80. The smallest absolute Gasteiger partial charge is 0.208 e. The Morgan fingerprint density at radius 2 is 2.10 bits per heavy atom. The van der Waals surface area contributed by atoms with Crippen LogP contribution in [0.5, 0.6) is 5.75 Å². The van der Waals surface area contributed by atoms with E-state index in [9.17, 15) is 4.39 Å². The van der Waals surface area contributed by atoms with E-state index in [1.807, 2.05) is 35.2 Å². The molecule has 5 rings (SSSR count). The number of hydrogen-bond donors (Lipinski definition) is 1. The summed E-state index contributed by atoms with van der Waals surface area (Å²) in [4.78, 5) is 6.76. The third-order valence-corrected chi connectivity index (χ3v) is 5.91. The number of nitrogens with zero attached hydrogens (tertiary/aromatic N) is 2. The van der Waals surface area contributed by atoms with Crippen molar-refractivity contribution in [2.45, 2.75) is 19.5 Å². The second-order valence-corrected chi connectivity index (χ2v) is 8.13. The molecule has 4 nitrogen and oxygen atoms in total. The highest BCUT2D eigenvalue weighted by atomic mass is 35.5. The van der Waals surface area contributed by atoms with Gasteiger partial charge in [0.05, 0.1) is 5.57 Å². The number of anilines is 1. The average molecular weight is 438 g/mol. The molecule has 2 aliphatic rings. The fraction of sp³-hybridized carbons (Fsp3) is 0.130. The highest BCUT2D eigenvalue weighted by Gasteiger charge is 2.38. The SMILES string of the molecule is Cc1ccc(N2C3=C(Cc4cc(Cl)ccc4O3)C(=S)N[C@@H]2c2cccnc2)cc1F. The second kappa shape index (κ2) is 7.38. The molecule has 1 N–H and O–H groups in total. The van der Waals surface area contributed by atoms with Gasteiger partial charge in [0.1, 0.15) is 22.7 Å². The number of fused-ring (bicyclic) bond motifs is 1. The summed E-state index contributed by atoms with van der Waals surface area (Å²) in [6, 6.07) is 14.5. The van der Waals surface area contributed by atoms with Crippen molar-refractivity contribution in [3.8, 4) is 5.75 Å². The minimum atomic E-state index is -0.388. The van der Waals surface area contributed by atoms with Gasteiger partial charge in [-0.05, 0) is 48.9 Å². The predicted molar refractivity (Wildman–Crippen MR) is 119 cm³/mol. The summed E-state index contributed by atoms with van der Waals surface area (Å²) < 4.78 is 20.8. The van der Waals surface area contributed by atoms with Crippen molar-refractivity contribution >= 4 is 34.5 Å². The Bertz CT molecular complexity index is 1200. The monoisotopic (exact) mass is 437 g/mol. The molecule has 2 aliphatic heterocycles. The Morgan fingerprint density at radius 3 is 2.87 bits per heavy atom. The minimum absolute atomic E-state index is 0.282. The van der Waals surface area contributed by atoms with E-state index >= 15 is 0 Å². The summed E-state index contributed by atoms with van der Waals surface area (Å²) in [5, 5.41) is 4.02. The Kier molecular flexibility index (Phi) is 4.68. The van der Waals surface area contributed by atoms with Crippen LogP contribution in [-0.2, 0) is 6.42 Å². The quantitative estimate of drug-likeness (QED) is 0.538. The van der Waals surface area contributed by atoms with Crippen molar-refractivity contribution in [1.82, 2.24) is 10.3 Å². The molecule has 150 valence electrons. The molecule has 0 saturated heterocycles. The van der Waals surface area contributed by atoms with Gasteiger partial charge in [0, 0.05) is 40.7 Å². The number of rotatable bonds is 2. The molecule has 0 spiro atoms. The Morgan fingerprint density at radius 1 is 1.23 bits per heavy atom. The molecule has 1 atom stereocenters. The van der Waals surface area contributed by atoms with Gasteiger partial charge in [-0.25, -0.2) is 4.39 Å². The third-order valence-electron chi connectivity index (χ3n) is 5.31. The number of ether oxygens (including phenoxy) is 1. The molecule has 1 aromatic heterocycles. The van der Waals surface area contributed by atoms with Crippen molar-refractivity contribution < 1.29 is 9.13 Å². The van der Waals surface area contributed by atoms with E-state index in [1.165, 1.54) is 6.07 Å². The van der Waals surface area contributed by atoms with Crippen molar-refractivity contribution in [2.75, 3.05) is 4.90 Å². The normalized spacial score (nSPS) is 17.8. The van der Waals surface area contributed by atoms with Crippen LogP contribution in [0.4, 0.5) is 10.1 Å². The lowest BCUT2D eigenvalue weighted by atomic mass is 9.98. The third kappa shape index (κ3) is 3.22. The van der Waals surface area contributed by atoms with Gasteiger partial charge < -0.3 is 10.1 Å². The molecule has 30 heavy (non-hydrogen) atoms. The number of thiocarbonyl (C=S) groups is 1. The van der Waals surface area contributed by atoms with E-state index in [-0.39, 0.29) is 12.0 Å². The van der Waals surface area contributed by atoms with E-state index in [4.69, 9.17) is 28.6 Å². The zero-order valence-corrected chi connectivity index (χ0v) is 17.6. The number of aromatic nitrogens is 1. The minimum Gasteiger partial charge on any atom is -0.440 e. The molecule has 0 aliphatic carbocycles. The van der Waals surface area contributed by atoms with Crippen LogP contribution in [0.25, 0.3) is 0 Å². The molecule has 0 radical (unpaired) electrons. The number of benzene rings is 2. The second-order valence-electron chi connectivity index (χ2n) is 7.28. The van der Waals surface area contributed by atoms with Crippen LogP contribution >= 0.6 is 23.8 Å². The van der Waals surface area contributed by atoms with Gasteiger partial charge in [0.15, 0.2) is 0 Å². The highest BCUT2D eigenvalue weighted by Crippen LogP contribution is 2.41. The lowest BCUT2D eigenvalue weighted by molar-refractivity contribution is 0.359. The van der Waals surface area contributed by atoms with Crippen LogP contribution in [0.15, 0.2) is 72.4 Å². The molecule has 0 fully saturated rings. The van der Waals surface area contributed by atoms with E-state index < -0.39 is 0 Å². The number of aryl methyl sites for hydroxylation is 1. The first-order valence-electron chi connectivity index (χ1n) is 9.47. The molecule has 0 saturated carbocycles. The summed E-state index contributed by atoms with van der Waals surface area (Å²) in [5.41, 5.74) is 3.92. The largest absolute Gasteiger partial charge is 0.440 e. The van der Waals surface area contributed by atoms with E-state index in [1.54, 1.807) is 31.5 Å². The number of nitrogens with one attached hydrogen (secondary N) is 1. The first kappa shape index (κ1) is 19.0. The molecule has 3 aromatic rings. The first-order chi connectivity index (χ1) is 14.5. The van der Waals surface area contributed by atoms with Crippen LogP contribution in [-0.4, -0.2) is 9.97 Å². The van der Waals surface area contributed by atoms with Gasteiger partial charge >= 0.3 is 0 Å². The van der Waals surface area contributed by atoms with Crippen molar-refractivity contribution in [2.24, 2.45) is 0 Å². The molecular weight excluding hydrogens is 421 g/mol. The topological polar surface area (TPSA) is 37.4 Å². The number of halogens is 2. The summed E-state index contributed by atoms with van der Waals surface area (Å²) in [7, 11) is 0. The van der Waals surface area contributed by atoms with Gasteiger partial charge in [-0.1, -0.05) is 36.0 Å². The van der Waals surface area contributed by atoms with Crippen LogP contribution < -0.4 is 15.0 Å². The molecular formula is C23H17ClFN3OS. The first-order valence-corrected chi connectivity index (χ1v) is 10.3. The van der Waals surface area contributed by atoms with Gasteiger partial charge in [-0.15, -0.1) is 0 Å². The van der Waals surface area contributed by atoms with Gasteiger partial charge in [-0.2, -0.15) is 0 Å². The number of pyridine rings is 1. The summed E-state index contributed by atoms with van der Waals surface area (Å²) >= 11 is 11.9. The molecule has 0 amide bonds. The summed E-state index contributed by atoms with van der Waals surface area (Å²) in [5.74, 6) is 1.02. The Hall–Kier alpha value is -2.96. The van der Waals surface area contributed by atoms with Gasteiger partial charge in [-0.3, -0.25) is 9.88 Å². The Balaban J connectivity index is 1.68. The number of hydrogen-bond acceptors (Lipinski definition) is 4. The summed E-state index contributed by atoms with van der Waals surface area (Å²) in [6.07, 6.45) is 3.66. The molecule has 2 aromatic carbocycles. The lowest BCUT2D eigenvalue weighted by Crippen LogP contribution is -2.49. The Labute approximate surface area is 184 Å². The van der Waals surface area contributed by atoms with Gasteiger partial charge in [0.2, 0.25) is 5.88 Å². The summed E-state index contributed by atoms with van der Waals surface area (Å²) in [6.45, 7) is 1.74. The fourth-order valence-corrected chi connectivity index (χ4v) is 4.22. The van der Waals surface area contributed by atoms with Crippen LogP contribution in [0.2, 0.25) is 5.02 Å². The van der Waals surface area contributed by atoms with E-state index in [2.05, 4.69) is 10.3 Å². The maximum absolute atomic E-state index is 14.5. The predicted octanol–water partition coefficient (Wildman–Crippen LogP) is 5.47. The van der Waals surface area contributed by atoms with Gasteiger partial charge in [0.25, 0.3) is 0 Å². The zero-order chi connectivity index (χ0) is 20.8. The maximum Gasteiger partial charge on any atom is 0.208 e. The zero-order valence-electron chi connectivity index (χ0n) is 16.0. The molecule has 7 heteroatoms. The molecule has 0 unspecified atom stereocenters. The van der Waals surface area contributed by atoms with Crippen molar-refractivity contribution in [1.29, 1.82) is 0 Å². The lowest BCUT2D eigenvalue weighted by Gasteiger charge is -2.42. The molecule has 3 heterocycles. The van der Waals surface area contributed by atoms with Crippen molar-refractivity contribution in [3.05, 3.63) is 99.9 Å². The fourth-order valence-electron chi connectivity index (χ4n) is 3.75. The van der Waals surface area contributed by atoms with Crippen LogP contribution in [0, 0.1) is 12.7 Å². The molecule has 0 bridgehead atoms. The van der Waals surface area contributed by atoms with E-state index in [0.717, 1.165) is 16.7 Å². The maximum atomic E-state index is 14.5. The van der Waals surface area contributed by atoms with Crippen molar-refractivity contribution in [3.63, 3.8) is 0 Å². The van der Waals surface area contributed by atoms with E-state index in [0.29, 0.717) is 39.3 Å². The standard InChI is InChI=1S/C23H17ClFN3OS/c1-13-4-6-17(11-19(13)25)28-21(14-3-2-8-26-12-14)27-22(30)18-10-15-9-16(24)5-7-20(15)29-23(18)28/h2-9,11-12,21H,10H2,1H3,(H,27,30)/t21-/m0/s1. The van der Waals surface area contributed by atoms with Crippen LogP contribution in [0.3, 0.4) is 0 Å². The average Bonchev–Trinajstić information content (AvgIpc) is 2.75. The van der Waals surface area contributed by atoms with Crippen LogP contribution in [0.1, 0.15) is 22.9 Å².